The lowest BCUT2D eigenvalue weighted by Gasteiger charge is -2.12. The predicted octanol–water partition coefficient (Wildman–Crippen LogP) is 6.32. The Labute approximate surface area is 206 Å². The van der Waals surface area contributed by atoms with E-state index in [0.29, 0.717) is 16.9 Å². The van der Waals surface area contributed by atoms with Gasteiger partial charge in [-0.05, 0) is 104 Å². The van der Waals surface area contributed by atoms with E-state index >= 15 is 0 Å². The minimum absolute atomic E-state index is 0.0413. The van der Waals surface area contributed by atoms with Gasteiger partial charge in [0.2, 0.25) is 0 Å². The van der Waals surface area contributed by atoms with Crippen LogP contribution in [0.4, 0.5) is 5.69 Å². The van der Waals surface area contributed by atoms with Crippen molar-refractivity contribution in [3.63, 3.8) is 0 Å². The minimum atomic E-state index is -0.434. The molecule has 0 bridgehead atoms. The van der Waals surface area contributed by atoms with Crippen molar-refractivity contribution in [2.75, 3.05) is 0 Å². The summed E-state index contributed by atoms with van der Waals surface area (Å²) >= 11 is 4.37. The number of nitrogens with zero attached hydrogens (tertiary/aromatic N) is 3. The Kier molecular flexibility index (Phi) is 7.60. The van der Waals surface area contributed by atoms with E-state index in [1.165, 1.54) is 12.1 Å². The van der Waals surface area contributed by atoms with E-state index in [-0.39, 0.29) is 12.3 Å². The van der Waals surface area contributed by atoms with Crippen molar-refractivity contribution in [3.05, 3.63) is 100 Å². The van der Waals surface area contributed by atoms with Gasteiger partial charge in [-0.2, -0.15) is 10.5 Å². The molecule has 3 aromatic carbocycles. The largest absolute Gasteiger partial charge is 0.487 e. The fourth-order valence-corrected chi connectivity index (χ4v) is 4.87. The Morgan fingerprint density at radius 1 is 1.03 bits per heavy atom. The van der Waals surface area contributed by atoms with Crippen LogP contribution in [0.1, 0.15) is 22.3 Å². The maximum Gasteiger partial charge on any atom is 0.269 e. The lowest BCUT2D eigenvalue weighted by atomic mass is 10.0. The first-order valence-electron chi connectivity index (χ1n) is 8.89. The van der Waals surface area contributed by atoms with Gasteiger partial charge in [-0.15, -0.1) is 0 Å². The van der Waals surface area contributed by atoms with Crippen LogP contribution in [0.25, 0.3) is 11.6 Å². The number of rotatable bonds is 6. The van der Waals surface area contributed by atoms with Crippen molar-refractivity contribution in [2.24, 2.45) is 0 Å². The summed E-state index contributed by atoms with van der Waals surface area (Å²) in [6.45, 7) is 0.286. The molecule has 0 aliphatic rings. The lowest BCUT2D eigenvalue weighted by molar-refractivity contribution is -0.384. The van der Waals surface area contributed by atoms with Gasteiger partial charge in [0.1, 0.15) is 12.4 Å². The van der Waals surface area contributed by atoms with Gasteiger partial charge in [0.15, 0.2) is 0 Å². The van der Waals surface area contributed by atoms with Gasteiger partial charge in [0.25, 0.3) is 5.69 Å². The molecule has 3 aromatic rings. The maximum atomic E-state index is 10.8. The van der Waals surface area contributed by atoms with E-state index < -0.39 is 4.92 Å². The standard InChI is InChI=1S/C23H13I2N3O3/c24-21-10-17(9-19(13-27)18-5-1-15(12-26)2-6-18)11-22(25)23(21)31-14-16-3-7-20(8-4-16)28(29)30/h1-11H,14H2/b19-9-. The number of non-ortho nitro benzene ring substituents is 1. The SMILES string of the molecule is N#C/C(=C/c1cc(I)c(OCc2ccc([N+](=O)[O-])cc2)c(I)c1)c1ccc(C#N)cc1. The molecule has 0 aromatic heterocycles. The molecule has 0 heterocycles. The summed E-state index contributed by atoms with van der Waals surface area (Å²) < 4.78 is 7.72. The molecule has 0 amide bonds. The van der Waals surface area contributed by atoms with Crippen LogP contribution in [0.5, 0.6) is 5.75 Å². The quantitative estimate of drug-likeness (QED) is 0.104. The molecule has 0 spiro atoms. The highest BCUT2D eigenvalue weighted by atomic mass is 127. The topological polar surface area (TPSA) is 99.9 Å². The van der Waals surface area contributed by atoms with E-state index in [0.717, 1.165) is 23.8 Å². The van der Waals surface area contributed by atoms with Gasteiger partial charge in [-0.25, -0.2) is 0 Å². The zero-order chi connectivity index (χ0) is 22.4. The van der Waals surface area contributed by atoms with Gasteiger partial charge in [-0.1, -0.05) is 12.1 Å². The predicted molar refractivity (Wildman–Crippen MR) is 134 cm³/mol. The number of hydrogen-bond acceptors (Lipinski definition) is 5. The molecular weight excluding hydrogens is 620 g/mol. The molecule has 0 saturated heterocycles. The summed E-state index contributed by atoms with van der Waals surface area (Å²) in [6, 6.07) is 21.3. The third kappa shape index (κ3) is 5.81. The van der Waals surface area contributed by atoms with Crippen LogP contribution in [-0.4, -0.2) is 4.92 Å². The molecule has 0 radical (unpaired) electrons. The van der Waals surface area contributed by atoms with Crippen molar-refractivity contribution in [1.29, 1.82) is 10.5 Å². The van der Waals surface area contributed by atoms with Crippen LogP contribution >= 0.6 is 45.2 Å². The molecule has 152 valence electrons. The average molecular weight is 633 g/mol. The molecule has 6 nitrogen and oxygen atoms in total. The van der Waals surface area contributed by atoms with Crippen LogP contribution in [-0.2, 0) is 6.61 Å². The summed E-state index contributed by atoms with van der Waals surface area (Å²) in [6.07, 6.45) is 1.80. The normalized spacial score (nSPS) is 10.8. The van der Waals surface area contributed by atoms with Crippen molar-refractivity contribution < 1.29 is 9.66 Å². The van der Waals surface area contributed by atoms with E-state index in [1.54, 1.807) is 42.5 Å². The average Bonchev–Trinajstić information content (AvgIpc) is 2.77. The highest BCUT2D eigenvalue weighted by Gasteiger charge is 2.11. The molecule has 0 aliphatic heterocycles. The Morgan fingerprint density at radius 2 is 1.65 bits per heavy atom. The first kappa shape index (κ1) is 22.7. The molecule has 3 rings (SSSR count). The molecule has 31 heavy (non-hydrogen) atoms. The molecular formula is C23H13I2N3O3. The third-order valence-corrected chi connectivity index (χ3v) is 5.91. The minimum Gasteiger partial charge on any atom is -0.487 e. The van der Waals surface area contributed by atoms with E-state index in [4.69, 9.17) is 10.00 Å². The Balaban J connectivity index is 1.80. The molecule has 0 saturated carbocycles. The molecule has 0 aliphatic carbocycles. The number of nitro groups is 1. The van der Waals surface area contributed by atoms with Gasteiger partial charge in [0, 0.05) is 12.1 Å². The first-order chi connectivity index (χ1) is 14.9. The summed E-state index contributed by atoms with van der Waals surface area (Å²) in [5.74, 6) is 0.716. The number of ether oxygens (including phenoxy) is 1. The zero-order valence-corrected chi connectivity index (χ0v) is 20.2. The fourth-order valence-electron chi connectivity index (χ4n) is 2.74. The molecule has 0 unspecified atom stereocenters. The van der Waals surface area contributed by atoms with E-state index in [9.17, 15) is 15.4 Å². The number of hydrogen-bond donors (Lipinski definition) is 0. The Bertz CT molecular complexity index is 1220. The van der Waals surface area contributed by atoms with Gasteiger partial charge in [0.05, 0.1) is 35.3 Å². The number of halogens is 2. The van der Waals surface area contributed by atoms with Crippen LogP contribution in [0, 0.1) is 39.9 Å². The van der Waals surface area contributed by atoms with Crippen molar-refractivity contribution >= 4 is 62.5 Å². The van der Waals surface area contributed by atoms with Crippen molar-refractivity contribution in [3.8, 4) is 17.9 Å². The maximum absolute atomic E-state index is 10.8. The van der Waals surface area contributed by atoms with E-state index in [2.05, 4.69) is 57.3 Å². The molecule has 8 heteroatoms. The first-order valence-corrected chi connectivity index (χ1v) is 11.0. The smallest absolute Gasteiger partial charge is 0.269 e. The van der Waals surface area contributed by atoms with Crippen molar-refractivity contribution in [1.82, 2.24) is 0 Å². The Morgan fingerprint density at radius 3 is 2.16 bits per heavy atom. The van der Waals surface area contributed by atoms with Crippen LogP contribution in [0.2, 0.25) is 0 Å². The second-order valence-corrected chi connectivity index (χ2v) is 8.71. The second-order valence-electron chi connectivity index (χ2n) is 6.38. The molecule has 0 N–H and O–H groups in total. The Hall–Kier alpha value is -2.96. The van der Waals surface area contributed by atoms with Gasteiger partial charge in [-0.3, -0.25) is 10.1 Å². The van der Waals surface area contributed by atoms with Crippen LogP contribution < -0.4 is 4.74 Å². The van der Waals surface area contributed by atoms with Crippen molar-refractivity contribution in [2.45, 2.75) is 6.61 Å². The second kappa shape index (κ2) is 10.4. The highest BCUT2D eigenvalue weighted by molar-refractivity contribution is 14.1. The summed E-state index contributed by atoms with van der Waals surface area (Å²) in [7, 11) is 0. The summed E-state index contributed by atoms with van der Waals surface area (Å²) in [5, 5.41) is 29.3. The van der Waals surface area contributed by atoms with Gasteiger partial charge < -0.3 is 4.74 Å². The molecule has 0 atom stereocenters. The fraction of sp³-hybridized carbons (Fsp3) is 0.0435. The lowest BCUT2D eigenvalue weighted by Crippen LogP contribution is -2.00. The summed E-state index contributed by atoms with van der Waals surface area (Å²) in [4.78, 5) is 10.3. The third-order valence-electron chi connectivity index (χ3n) is 4.31. The zero-order valence-electron chi connectivity index (χ0n) is 15.9. The number of nitriles is 2. The molecule has 0 fully saturated rings. The van der Waals surface area contributed by atoms with E-state index in [1.807, 2.05) is 12.1 Å². The summed E-state index contributed by atoms with van der Waals surface area (Å²) in [5.41, 5.74) is 3.51. The van der Waals surface area contributed by atoms with Crippen LogP contribution in [0.15, 0.2) is 60.7 Å². The number of allylic oxidation sites excluding steroid dienone is 1. The van der Waals surface area contributed by atoms with Crippen LogP contribution in [0.3, 0.4) is 0 Å². The van der Waals surface area contributed by atoms with Gasteiger partial charge >= 0.3 is 0 Å². The monoisotopic (exact) mass is 633 g/mol. The number of benzene rings is 3. The number of nitro benzene ring substituents is 1. The highest BCUT2D eigenvalue weighted by Crippen LogP contribution is 2.31.